The maximum absolute atomic E-state index is 13.1. The highest BCUT2D eigenvalue weighted by Gasteiger charge is 2.21. The van der Waals surface area contributed by atoms with E-state index in [0.29, 0.717) is 6.54 Å². The zero-order valence-electron chi connectivity index (χ0n) is 9.95. The Hall–Kier alpha value is -1.13. The van der Waals surface area contributed by atoms with Crippen LogP contribution in [0.1, 0.15) is 25.3 Å². The molecule has 4 heteroatoms. The van der Waals surface area contributed by atoms with Crippen LogP contribution in [0.2, 0.25) is 0 Å². The Balaban J connectivity index is 1.86. The van der Waals surface area contributed by atoms with Gasteiger partial charge in [0.15, 0.2) is 11.6 Å². The highest BCUT2D eigenvalue weighted by molar-refractivity contribution is 5.27. The van der Waals surface area contributed by atoms with Gasteiger partial charge < -0.3 is 15.2 Å². The van der Waals surface area contributed by atoms with Gasteiger partial charge in [-0.05, 0) is 37.5 Å². The average molecular weight is 239 g/mol. The van der Waals surface area contributed by atoms with Crippen LogP contribution >= 0.6 is 0 Å². The predicted octanol–water partition coefficient (Wildman–Crippen LogP) is 2.19. The molecule has 1 saturated heterocycles. The van der Waals surface area contributed by atoms with E-state index in [9.17, 15) is 4.39 Å². The molecule has 0 saturated carbocycles. The van der Waals surface area contributed by atoms with Gasteiger partial charge in [0.2, 0.25) is 0 Å². The first-order chi connectivity index (χ1) is 8.16. The van der Waals surface area contributed by atoms with Crippen molar-refractivity contribution in [2.24, 2.45) is 0 Å². The lowest BCUT2D eigenvalue weighted by molar-refractivity contribution is 0.0832. The first kappa shape index (κ1) is 12.3. The van der Waals surface area contributed by atoms with Crippen LogP contribution in [-0.2, 0) is 11.3 Å². The van der Waals surface area contributed by atoms with Gasteiger partial charge in [-0.2, -0.15) is 0 Å². The summed E-state index contributed by atoms with van der Waals surface area (Å²) in [4.78, 5) is 0. The number of nitrogens with one attached hydrogen (secondary N) is 1. The number of phenolic OH excluding ortho intramolecular Hbond substituents is 1. The summed E-state index contributed by atoms with van der Waals surface area (Å²) in [5.74, 6) is -0.880. The van der Waals surface area contributed by atoms with Crippen LogP contribution in [0.25, 0.3) is 0 Å². The van der Waals surface area contributed by atoms with Crippen molar-refractivity contribution in [3.05, 3.63) is 29.6 Å². The molecule has 0 aliphatic carbocycles. The minimum Gasteiger partial charge on any atom is -0.505 e. The third kappa shape index (κ3) is 3.17. The Labute approximate surface area is 101 Å². The van der Waals surface area contributed by atoms with Crippen molar-refractivity contribution in [1.82, 2.24) is 5.32 Å². The fourth-order valence-electron chi connectivity index (χ4n) is 2.07. The Bertz CT molecular complexity index is 378. The van der Waals surface area contributed by atoms with Gasteiger partial charge >= 0.3 is 0 Å². The molecule has 1 fully saturated rings. The van der Waals surface area contributed by atoms with Crippen molar-refractivity contribution in [3.8, 4) is 5.75 Å². The predicted molar refractivity (Wildman–Crippen MR) is 63.3 cm³/mol. The Morgan fingerprint density at radius 2 is 2.41 bits per heavy atom. The molecule has 1 aliphatic heterocycles. The highest BCUT2D eigenvalue weighted by atomic mass is 19.1. The molecule has 0 bridgehead atoms. The fraction of sp³-hybridized carbons (Fsp3) is 0.538. The first-order valence-corrected chi connectivity index (χ1v) is 5.99. The summed E-state index contributed by atoms with van der Waals surface area (Å²) in [6.07, 6.45) is 2.46. The van der Waals surface area contributed by atoms with E-state index in [0.717, 1.165) is 25.0 Å². The summed E-state index contributed by atoms with van der Waals surface area (Å²) in [5.41, 5.74) is 0.824. The number of rotatable bonds is 4. The molecule has 0 aromatic heterocycles. The summed E-state index contributed by atoms with van der Waals surface area (Å²) in [5, 5.41) is 12.4. The van der Waals surface area contributed by atoms with Crippen LogP contribution in [0.3, 0.4) is 0 Å². The van der Waals surface area contributed by atoms with Crippen molar-refractivity contribution in [1.29, 1.82) is 0 Å². The van der Waals surface area contributed by atoms with Crippen molar-refractivity contribution in [2.75, 3.05) is 6.61 Å². The number of phenols is 1. The van der Waals surface area contributed by atoms with Gasteiger partial charge in [0.25, 0.3) is 0 Å². The van der Waals surface area contributed by atoms with Crippen LogP contribution in [-0.4, -0.2) is 23.9 Å². The molecule has 1 heterocycles. The molecular weight excluding hydrogens is 221 g/mol. The van der Waals surface area contributed by atoms with Crippen molar-refractivity contribution in [2.45, 2.75) is 38.5 Å². The zero-order chi connectivity index (χ0) is 12.3. The quantitative estimate of drug-likeness (QED) is 0.846. The molecular formula is C13H18FNO2. The number of halogens is 1. The van der Waals surface area contributed by atoms with Gasteiger partial charge in [-0.15, -0.1) is 0 Å². The summed E-state index contributed by atoms with van der Waals surface area (Å²) in [6, 6.07) is 4.70. The summed E-state index contributed by atoms with van der Waals surface area (Å²) in [7, 11) is 0. The molecule has 1 aliphatic rings. The Morgan fingerprint density at radius 1 is 1.59 bits per heavy atom. The first-order valence-electron chi connectivity index (χ1n) is 5.99. The van der Waals surface area contributed by atoms with Gasteiger partial charge in [0, 0.05) is 19.2 Å². The molecule has 0 spiro atoms. The van der Waals surface area contributed by atoms with E-state index in [2.05, 4.69) is 12.2 Å². The standard InChI is InChI=1S/C13H18FNO2/c1-9(13-3-2-6-17-13)15-8-10-4-5-12(16)11(14)7-10/h4-5,7,9,13,15-16H,2-3,6,8H2,1H3. The molecule has 3 nitrogen and oxygen atoms in total. The van der Waals surface area contributed by atoms with E-state index in [1.807, 2.05) is 0 Å². The van der Waals surface area contributed by atoms with E-state index >= 15 is 0 Å². The lowest BCUT2D eigenvalue weighted by Gasteiger charge is -2.20. The minimum atomic E-state index is -0.575. The lowest BCUT2D eigenvalue weighted by atomic mass is 10.1. The van der Waals surface area contributed by atoms with Crippen LogP contribution in [0.5, 0.6) is 5.75 Å². The minimum absolute atomic E-state index is 0.259. The van der Waals surface area contributed by atoms with Crippen LogP contribution in [0, 0.1) is 5.82 Å². The molecule has 2 rings (SSSR count). The summed E-state index contributed by atoms with van der Waals surface area (Å²) in [6.45, 7) is 3.50. The van der Waals surface area contributed by atoms with Gasteiger partial charge in [-0.25, -0.2) is 4.39 Å². The number of hydrogen-bond acceptors (Lipinski definition) is 3. The smallest absolute Gasteiger partial charge is 0.165 e. The molecule has 2 atom stereocenters. The molecule has 1 aromatic rings. The highest BCUT2D eigenvalue weighted by Crippen LogP contribution is 2.18. The van der Waals surface area contributed by atoms with E-state index in [-0.39, 0.29) is 17.9 Å². The number of ether oxygens (including phenoxy) is 1. The maximum Gasteiger partial charge on any atom is 0.165 e. The second-order valence-electron chi connectivity index (χ2n) is 4.51. The SMILES string of the molecule is CC(NCc1ccc(O)c(F)c1)C1CCCO1. The second-order valence-corrected chi connectivity index (χ2v) is 4.51. The number of aromatic hydroxyl groups is 1. The molecule has 17 heavy (non-hydrogen) atoms. The molecule has 2 N–H and O–H groups in total. The Morgan fingerprint density at radius 3 is 3.06 bits per heavy atom. The second kappa shape index (κ2) is 5.47. The van der Waals surface area contributed by atoms with Gasteiger partial charge in [0.1, 0.15) is 0 Å². The summed E-state index contributed by atoms with van der Waals surface area (Å²) < 4.78 is 18.7. The van der Waals surface area contributed by atoms with E-state index in [1.54, 1.807) is 6.07 Å². The summed E-state index contributed by atoms with van der Waals surface area (Å²) >= 11 is 0. The monoisotopic (exact) mass is 239 g/mol. The molecule has 1 aromatic carbocycles. The third-order valence-electron chi connectivity index (χ3n) is 3.16. The van der Waals surface area contributed by atoms with Crippen LogP contribution in [0.15, 0.2) is 18.2 Å². The molecule has 94 valence electrons. The normalized spacial score (nSPS) is 21.6. The van der Waals surface area contributed by atoms with E-state index < -0.39 is 5.82 Å². The van der Waals surface area contributed by atoms with Crippen molar-refractivity contribution in [3.63, 3.8) is 0 Å². The zero-order valence-corrected chi connectivity index (χ0v) is 9.95. The van der Waals surface area contributed by atoms with E-state index in [4.69, 9.17) is 9.84 Å². The number of hydrogen-bond donors (Lipinski definition) is 2. The van der Waals surface area contributed by atoms with Crippen LogP contribution in [0.4, 0.5) is 4.39 Å². The van der Waals surface area contributed by atoms with Gasteiger partial charge in [-0.1, -0.05) is 6.07 Å². The van der Waals surface area contributed by atoms with Crippen molar-refractivity contribution >= 4 is 0 Å². The molecule has 0 radical (unpaired) electrons. The Kier molecular flexibility index (Phi) is 3.97. The maximum atomic E-state index is 13.1. The third-order valence-corrected chi connectivity index (χ3v) is 3.16. The van der Waals surface area contributed by atoms with Gasteiger partial charge in [0.05, 0.1) is 6.10 Å². The lowest BCUT2D eigenvalue weighted by Crippen LogP contribution is -2.36. The van der Waals surface area contributed by atoms with Crippen LogP contribution < -0.4 is 5.32 Å². The van der Waals surface area contributed by atoms with Crippen molar-refractivity contribution < 1.29 is 14.2 Å². The van der Waals surface area contributed by atoms with E-state index in [1.165, 1.54) is 12.1 Å². The number of benzene rings is 1. The van der Waals surface area contributed by atoms with Gasteiger partial charge in [-0.3, -0.25) is 0 Å². The topological polar surface area (TPSA) is 41.5 Å². The molecule has 2 unspecified atom stereocenters. The molecule has 0 amide bonds. The largest absolute Gasteiger partial charge is 0.505 e. The fourth-order valence-corrected chi connectivity index (χ4v) is 2.07. The average Bonchev–Trinajstić information content (AvgIpc) is 2.84.